The summed E-state index contributed by atoms with van der Waals surface area (Å²) in [5.41, 5.74) is 0.948. The third-order valence-corrected chi connectivity index (χ3v) is 3.65. The Hall–Kier alpha value is -2.21. The second-order valence-electron chi connectivity index (χ2n) is 5.53. The number of amides is 1. The Morgan fingerprint density at radius 3 is 2.65 bits per heavy atom. The lowest BCUT2D eigenvalue weighted by Gasteiger charge is -2.16. The molecule has 124 valence electrons. The molecule has 1 aromatic carbocycles. The van der Waals surface area contributed by atoms with Gasteiger partial charge in [-0.3, -0.25) is 9.59 Å². The maximum absolute atomic E-state index is 11.9. The number of hydrogen-bond donors (Lipinski definition) is 1. The number of nitrogens with one attached hydrogen (secondary N) is 1. The Bertz CT molecular complexity index is 551. The third kappa shape index (κ3) is 5.49. The van der Waals surface area contributed by atoms with Crippen LogP contribution < -0.4 is 5.32 Å². The summed E-state index contributed by atoms with van der Waals surface area (Å²) in [7, 11) is 0. The lowest BCUT2D eigenvalue weighted by Crippen LogP contribution is -2.43. The standard InChI is InChI=1S/C17H21NO5/c1-12(19)14(10-13-6-3-2-4-7-13)18-16(20)11-23-17(21)15-8-5-9-22-15/h2-4,6-7,14-15H,5,8-11H2,1H3,(H,18,20)/t14-,15+/m1/s1. The first-order valence-electron chi connectivity index (χ1n) is 7.68. The quantitative estimate of drug-likeness (QED) is 0.759. The molecule has 1 aromatic rings. The molecule has 1 saturated heterocycles. The second-order valence-corrected chi connectivity index (χ2v) is 5.53. The van der Waals surface area contributed by atoms with Crippen molar-refractivity contribution < 1.29 is 23.9 Å². The average Bonchev–Trinajstić information content (AvgIpc) is 3.07. The summed E-state index contributed by atoms with van der Waals surface area (Å²) >= 11 is 0. The summed E-state index contributed by atoms with van der Waals surface area (Å²) in [6, 6.07) is 8.77. The highest BCUT2D eigenvalue weighted by atomic mass is 16.6. The van der Waals surface area contributed by atoms with Gasteiger partial charge in [-0.1, -0.05) is 30.3 Å². The van der Waals surface area contributed by atoms with Crippen LogP contribution in [0.2, 0.25) is 0 Å². The van der Waals surface area contributed by atoms with E-state index in [0.29, 0.717) is 19.4 Å². The minimum absolute atomic E-state index is 0.146. The van der Waals surface area contributed by atoms with E-state index in [4.69, 9.17) is 9.47 Å². The van der Waals surface area contributed by atoms with Gasteiger partial charge >= 0.3 is 5.97 Å². The van der Waals surface area contributed by atoms with Crippen LogP contribution in [0.15, 0.2) is 30.3 Å². The molecule has 2 atom stereocenters. The van der Waals surface area contributed by atoms with Gasteiger partial charge in [-0.15, -0.1) is 0 Å². The van der Waals surface area contributed by atoms with Crippen molar-refractivity contribution >= 4 is 17.7 Å². The molecule has 0 radical (unpaired) electrons. The zero-order valence-corrected chi connectivity index (χ0v) is 13.1. The maximum atomic E-state index is 11.9. The van der Waals surface area contributed by atoms with E-state index >= 15 is 0 Å². The van der Waals surface area contributed by atoms with Crippen molar-refractivity contribution in [2.45, 2.75) is 38.3 Å². The van der Waals surface area contributed by atoms with E-state index < -0.39 is 30.6 Å². The smallest absolute Gasteiger partial charge is 0.335 e. The molecule has 0 aromatic heterocycles. The summed E-state index contributed by atoms with van der Waals surface area (Å²) < 4.78 is 10.1. The van der Waals surface area contributed by atoms with E-state index in [1.807, 2.05) is 30.3 Å². The van der Waals surface area contributed by atoms with Crippen LogP contribution in [0.4, 0.5) is 0 Å². The summed E-state index contributed by atoms with van der Waals surface area (Å²) in [5.74, 6) is -1.17. The SMILES string of the molecule is CC(=O)[C@@H](Cc1ccccc1)NC(=O)COC(=O)[C@@H]1CCCO1. The Labute approximate surface area is 135 Å². The molecule has 2 rings (SSSR count). The van der Waals surface area contributed by atoms with Crippen molar-refractivity contribution in [1.82, 2.24) is 5.32 Å². The molecule has 1 aliphatic heterocycles. The number of rotatable bonds is 7. The average molecular weight is 319 g/mol. The van der Waals surface area contributed by atoms with Crippen molar-refractivity contribution in [2.75, 3.05) is 13.2 Å². The molecule has 23 heavy (non-hydrogen) atoms. The predicted molar refractivity (Wildman–Crippen MR) is 82.7 cm³/mol. The van der Waals surface area contributed by atoms with Gasteiger partial charge in [-0.25, -0.2) is 4.79 Å². The van der Waals surface area contributed by atoms with Crippen molar-refractivity contribution in [2.24, 2.45) is 0 Å². The van der Waals surface area contributed by atoms with Gasteiger partial charge in [0.05, 0.1) is 6.04 Å². The van der Waals surface area contributed by atoms with Gasteiger partial charge in [-0.05, 0) is 31.7 Å². The second kappa shape index (κ2) is 8.43. The number of ether oxygens (including phenoxy) is 2. The molecule has 6 nitrogen and oxygen atoms in total. The molecule has 0 spiro atoms. The molecular formula is C17H21NO5. The molecule has 0 bridgehead atoms. The van der Waals surface area contributed by atoms with Gasteiger partial charge in [0.25, 0.3) is 5.91 Å². The van der Waals surface area contributed by atoms with Crippen LogP contribution in [0.5, 0.6) is 0 Å². The number of carbonyl (C=O) groups is 3. The summed E-state index contributed by atoms with van der Waals surface area (Å²) in [6.45, 7) is 1.55. The topological polar surface area (TPSA) is 81.7 Å². The molecule has 1 amide bonds. The molecule has 6 heteroatoms. The molecule has 0 saturated carbocycles. The summed E-state index contributed by atoms with van der Waals surface area (Å²) in [5, 5.41) is 2.60. The van der Waals surface area contributed by atoms with Crippen molar-refractivity contribution in [3.63, 3.8) is 0 Å². The number of esters is 1. The van der Waals surface area contributed by atoms with Crippen LogP contribution in [0.25, 0.3) is 0 Å². The van der Waals surface area contributed by atoms with E-state index in [2.05, 4.69) is 5.32 Å². The van der Waals surface area contributed by atoms with Crippen LogP contribution in [-0.4, -0.2) is 43.0 Å². The number of ketones is 1. The molecule has 1 aliphatic rings. The van der Waals surface area contributed by atoms with Gasteiger partial charge in [0.2, 0.25) is 0 Å². The van der Waals surface area contributed by atoms with Gasteiger partial charge in [0.15, 0.2) is 18.5 Å². The molecule has 0 aliphatic carbocycles. The van der Waals surface area contributed by atoms with Gasteiger partial charge in [0.1, 0.15) is 0 Å². The van der Waals surface area contributed by atoms with Crippen LogP contribution in [-0.2, 0) is 30.3 Å². The molecule has 1 heterocycles. The molecule has 1 fully saturated rings. The molecule has 1 N–H and O–H groups in total. The van der Waals surface area contributed by atoms with Gasteiger partial charge < -0.3 is 14.8 Å². The largest absolute Gasteiger partial charge is 0.454 e. The number of Topliss-reactive ketones (excluding diaryl/α,β-unsaturated/α-hetero) is 1. The van der Waals surface area contributed by atoms with Crippen LogP contribution in [0.3, 0.4) is 0 Å². The highest BCUT2D eigenvalue weighted by Gasteiger charge is 2.26. The lowest BCUT2D eigenvalue weighted by molar-refractivity contribution is -0.157. The number of carbonyl (C=O) groups excluding carboxylic acids is 3. The maximum Gasteiger partial charge on any atom is 0.335 e. The Morgan fingerprint density at radius 1 is 1.30 bits per heavy atom. The fraction of sp³-hybridized carbons (Fsp3) is 0.471. The normalized spacial score (nSPS) is 18.2. The number of hydrogen-bond acceptors (Lipinski definition) is 5. The fourth-order valence-electron chi connectivity index (χ4n) is 2.38. The molecule has 0 unspecified atom stereocenters. The number of benzene rings is 1. The monoisotopic (exact) mass is 319 g/mol. The van der Waals surface area contributed by atoms with Crippen molar-refractivity contribution in [3.05, 3.63) is 35.9 Å². The van der Waals surface area contributed by atoms with E-state index in [-0.39, 0.29) is 5.78 Å². The Morgan fingerprint density at radius 2 is 2.04 bits per heavy atom. The minimum Gasteiger partial charge on any atom is -0.454 e. The predicted octanol–water partition coefficient (Wildman–Crippen LogP) is 1.03. The van der Waals surface area contributed by atoms with E-state index in [1.54, 1.807) is 0 Å². The van der Waals surface area contributed by atoms with Crippen molar-refractivity contribution in [1.29, 1.82) is 0 Å². The Kier molecular flexibility index (Phi) is 6.29. The first-order valence-corrected chi connectivity index (χ1v) is 7.68. The van der Waals surface area contributed by atoms with Crippen LogP contribution in [0.1, 0.15) is 25.3 Å². The molecular weight excluding hydrogens is 298 g/mol. The highest BCUT2D eigenvalue weighted by molar-refractivity contribution is 5.89. The third-order valence-electron chi connectivity index (χ3n) is 3.65. The van der Waals surface area contributed by atoms with Crippen molar-refractivity contribution in [3.8, 4) is 0 Å². The fourth-order valence-corrected chi connectivity index (χ4v) is 2.38. The highest BCUT2D eigenvalue weighted by Crippen LogP contribution is 2.13. The summed E-state index contributed by atoms with van der Waals surface area (Å²) in [4.78, 5) is 35.2. The van der Waals surface area contributed by atoms with E-state index in [1.165, 1.54) is 6.92 Å². The van der Waals surface area contributed by atoms with E-state index in [9.17, 15) is 14.4 Å². The lowest BCUT2D eigenvalue weighted by atomic mass is 10.0. The minimum atomic E-state index is -0.633. The van der Waals surface area contributed by atoms with Gasteiger partial charge in [-0.2, -0.15) is 0 Å². The zero-order chi connectivity index (χ0) is 16.7. The Balaban J connectivity index is 1.81. The van der Waals surface area contributed by atoms with E-state index in [0.717, 1.165) is 12.0 Å². The zero-order valence-electron chi connectivity index (χ0n) is 13.1. The first-order chi connectivity index (χ1) is 11.1. The van der Waals surface area contributed by atoms with Gasteiger partial charge in [0, 0.05) is 6.61 Å². The van der Waals surface area contributed by atoms with Crippen LogP contribution in [0, 0.1) is 0 Å². The van der Waals surface area contributed by atoms with Crippen LogP contribution >= 0.6 is 0 Å². The first kappa shape index (κ1) is 17.1. The summed E-state index contributed by atoms with van der Waals surface area (Å²) in [6.07, 6.45) is 1.26.